The van der Waals surface area contributed by atoms with E-state index >= 15 is 0 Å². The molecule has 6 heteroatoms. The molecule has 2 rings (SSSR count). The third-order valence-electron chi connectivity index (χ3n) is 3.12. The van der Waals surface area contributed by atoms with Crippen LogP contribution in [0, 0.1) is 6.92 Å². The van der Waals surface area contributed by atoms with E-state index < -0.39 is 0 Å². The molecule has 1 fully saturated rings. The van der Waals surface area contributed by atoms with Gasteiger partial charge in [0.2, 0.25) is 0 Å². The molecule has 0 radical (unpaired) electrons. The first-order valence-electron chi connectivity index (χ1n) is 5.61. The summed E-state index contributed by atoms with van der Waals surface area (Å²) in [6, 6.07) is 0.370. The molecule has 1 saturated heterocycles. The minimum Gasteiger partial charge on any atom is -0.336 e. The Balaban J connectivity index is 0.00000144. The van der Waals surface area contributed by atoms with Gasteiger partial charge in [-0.2, -0.15) is 5.10 Å². The van der Waals surface area contributed by atoms with E-state index in [4.69, 9.17) is 0 Å². The van der Waals surface area contributed by atoms with Gasteiger partial charge >= 0.3 is 0 Å². The summed E-state index contributed by atoms with van der Waals surface area (Å²) in [7, 11) is 1.85. The summed E-state index contributed by atoms with van der Waals surface area (Å²) in [5.74, 6) is 0.0963. The van der Waals surface area contributed by atoms with Crippen LogP contribution in [0.2, 0.25) is 0 Å². The first-order chi connectivity index (χ1) is 7.59. The fourth-order valence-corrected chi connectivity index (χ4v) is 2.00. The highest BCUT2D eigenvalue weighted by Crippen LogP contribution is 2.11. The van der Waals surface area contributed by atoms with Crippen LogP contribution in [0.3, 0.4) is 0 Å². The van der Waals surface area contributed by atoms with E-state index in [0.717, 1.165) is 30.9 Å². The lowest BCUT2D eigenvalue weighted by Gasteiger charge is -2.31. The van der Waals surface area contributed by atoms with E-state index in [2.05, 4.69) is 17.3 Å². The van der Waals surface area contributed by atoms with Crippen LogP contribution in [0.5, 0.6) is 0 Å². The van der Waals surface area contributed by atoms with Crippen molar-refractivity contribution >= 4 is 18.3 Å². The standard InChI is InChI=1S/C11H18N4O.ClH/c1-8-7-15(5-4-12-8)11(16)10-6-13-14(3)9(10)2;/h6,8,12H,4-5,7H2,1-3H3;1H/t8-;/m0./s1. The van der Waals surface area contributed by atoms with Gasteiger partial charge in [-0.15, -0.1) is 12.4 Å². The van der Waals surface area contributed by atoms with Gasteiger partial charge in [0.05, 0.1) is 11.8 Å². The van der Waals surface area contributed by atoms with Crippen molar-refractivity contribution in [1.29, 1.82) is 0 Å². The maximum absolute atomic E-state index is 12.2. The molecular weight excluding hydrogens is 240 g/mol. The van der Waals surface area contributed by atoms with Gasteiger partial charge in [-0.25, -0.2) is 0 Å². The molecule has 1 N–H and O–H groups in total. The number of aromatic nitrogens is 2. The van der Waals surface area contributed by atoms with Gasteiger partial charge in [0, 0.05) is 38.4 Å². The zero-order valence-corrected chi connectivity index (χ0v) is 11.3. The van der Waals surface area contributed by atoms with Crippen LogP contribution in [0.25, 0.3) is 0 Å². The highest BCUT2D eigenvalue weighted by atomic mass is 35.5. The van der Waals surface area contributed by atoms with Gasteiger partial charge in [-0.05, 0) is 13.8 Å². The molecule has 1 aliphatic rings. The van der Waals surface area contributed by atoms with Gasteiger partial charge in [0.15, 0.2) is 0 Å². The molecular formula is C11H19ClN4O. The maximum atomic E-state index is 12.2. The fraction of sp³-hybridized carbons (Fsp3) is 0.636. The lowest BCUT2D eigenvalue weighted by atomic mass is 10.2. The first kappa shape index (κ1) is 14.0. The number of halogens is 1. The molecule has 1 amide bonds. The minimum absolute atomic E-state index is 0. The van der Waals surface area contributed by atoms with Crippen molar-refractivity contribution in [2.24, 2.45) is 7.05 Å². The fourth-order valence-electron chi connectivity index (χ4n) is 2.00. The van der Waals surface area contributed by atoms with Crippen LogP contribution in [-0.2, 0) is 7.05 Å². The Morgan fingerprint density at radius 1 is 1.59 bits per heavy atom. The predicted octanol–water partition coefficient (Wildman–Crippen LogP) is 0.584. The number of aryl methyl sites for hydroxylation is 1. The van der Waals surface area contributed by atoms with Crippen molar-refractivity contribution in [3.63, 3.8) is 0 Å². The average Bonchev–Trinajstić information content (AvgIpc) is 2.59. The summed E-state index contributed by atoms with van der Waals surface area (Å²) in [6.07, 6.45) is 1.66. The topological polar surface area (TPSA) is 50.2 Å². The smallest absolute Gasteiger partial charge is 0.257 e. The van der Waals surface area contributed by atoms with Crippen molar-refractivity contribution < 1.29 is 4.79 Å². The van der Waals surface area contributed by atoms with E-state index in [0.29, 0.717) is 6.04 Å². The van der Waals surface area contributed by atoms with E-state index in [1.54, 1.807) is 10.9 Å². The number of piperazine rings is 1. The third kappa shape index (κ3) is 2.79. The Kier molecular flexibility index (Phi) is 4.54. The lowest BCUT2D eigenvalue weighted by Crippen LogP contribution is -2.51. The van der Waals surface area contributed by atoms with E-state index in [9.17, 15) is 4.79 Å². The second-order valence-corrected chi connectivity index (χ2v) is 4.37. The monoisotopic (exact) mass is 258 g/mol. The molecule has 1 aromatic heterocycles. The number of nitrogens with zero attached hydrogens (tertiary/aromatic N) is 3. The summed E-state index contributed by atoms with van der Waals surface area (Å²) in [5, 5.41) is 7.43. The number of amides is 1. The maximum Gasteiger partial charge on any atom is 0.257 e. The molecule has 5 nitrogen and oxygen atoms in total. The van der Waals surface area contributed by atoms with Crippen LogP contribution in [-0.4, -0.2) is 46.3 Å². The molecule has 0 spiro atoms. The predicted molar refractivity (Wildman–Crippen MR) is 68.6 cm³/mol. The van der Waals surface area contributed by atoms with Crippen LogP contribution in [0.15, 0.2) is 6.20 Å². The number of nitrogens with one attached hydrogen (secondary N) is 1. The van der Waals surface area contributed by atoms with Gasteiger partial charge in [-0.3, -0.25) is 9.48 Å². The first-order valence-corrected chi connectivity index (χ1v) is 5.61. The molecule has 1 aliphatic heterocycles. The van der Waals surface area contributed by atoms with Crippen molar-refractivity contribution in [3.05, 3.63) is 17.5 Å². The Morgan fingerprint density at radius 2 is 2.29 bits per heavy atom. The molecule has 17 heavy (non-hydrogen) atoms. The second kappa shape index (κ2) is 5.51. The average molecular weight is 259 g/mol. The summed E-state index contributed by atoms with van der Waals surface area (Å²) in [5.41, 5.74) is 1.65. The van der Waals surface area contributed by atoms with Crippen LogP contribution in [0.4, 0.5) is 0 Å². The van der Waals surface area contributed by atoms with Gasteiger partial charge < -0.3 is 10.2 Å². The second-order valence-electron chi connectivity index (χ2n) is 4.37. The molecule has 1 aromatic rings. The summed E-state index contributed by atoms with van der Waals surface area (Å²) in [6.45, 7) is 6.43. The molecule has 2 heterocycles. The van der Waals surface area contributed by atoms with Gasteiger partial charge in [0.1, 0.15) is 0 Å². The molecule has 0 bridgehead atoms. The lowest BCUT2D eigenvalue weighted by molar-refractivity contribution is 0.0708. The molecule has 1 atom stereocenters. The molecule has 0 aliphatic carbocycles. The van der Waals surface area contributed by atoms with Gasteiger partial charge in [-0.1, -0.05) is 0 Å². The molecule has 0 unspecified atom stereocenters. The Bertz CT molecular complexity index is 404. The number of carbonyl (C=O) groups is 1. The zero-order valence-electron chi connectivity index (χ0n) is 10.4. The van der Waals surface area contributed by atoms with Crippen molar-refractivity contribution in [2.45, 2.75) is 19.9 Å². The minimum atomic E-state index is 0. The van der Waals surface area contributed by atoms with Crippen molar-refractivity contribution in [2.75, 3.05) is 19.6 Å². The van der Waals surface area contributed by atoms with Crippen LogP contribution in [0.1, 0.15) is 23.0 Å². The zero-order chi connectivity index (χ0) is 11.7. The Morgan fingerprint density at radius 3 is 2.82 bits per heavy atom. The van der Waals surface area contributed by atoms with Crippen LogP contribution < -0.4 is 5.32 Å². The Hall–Kier alpha value is -1.07. The Labute approximate surface area is 108 Å². The summed E-state index contributed by atoms with van der Waals surface area (Å²) >= 11 is 0. The SMILES string of the molecule is Cc1c(C(=O)N2CCN[C@@H](C)C2)cnn1C.Cl. The largest absolute Gasteiger partial charge is 0.336 e. The molecule has 0 saturated carbocycles. The third-order valence-corrected chi connectivity index (χ3v) is 3.12. The van der Waals surface area contributed by atoms with E-state index in [1.165, 1.54) is 0 Å². The highest BCUT2D eigenvalue weighted by Gasteiger charge is 2.23. The summed E-state index contributed by atoms with van der Waals surface area (Å²) < 4.78 is 1.73. The summed E-state index contributed by atoms with van der Waals surface area (Å²) in [4.78, 5) is 14.1. The number of hydrogen-bond donors (Lipinski definition) is 1. The number of rotatable bonds is 1. The van der Waals surface area contributed by atoms with Crippen molar-refractivity contribution in [1.82, 2.24) is 20.0 Å². The number of carbonyl (C=O) groups excluding carboxylic acids is 1. The normalized spacial score (nSPS) is 19.9. The van der Waals surface area contributed by atoms with E-state index in [1.807, 2.05) is 18.9 Å². The molecule has 0 aromatic carbocycles. The quantitative estimate of drug-likeness (QED) is 0.802. The van der Waals surface area contributed by atoms with Crippen molar-refractivity contribution in [3.8, 4) is 0 Å². The van der Waals surface area contributed by atoms with Crippen LogP contribution >= 0.6 is 12.4 Å². The molecule has 96 valence electrons. The number of hydrogen-bond acceptors (Lipinski definition) is 3. The van der Waals surface area contributed by atoms with Gasteiger partial charge in [0.25, 0.3) is 5.91 Å². The van der Waals surface area contributed by atoms with E-state index in [-0.39, 0.29) is 18.3 Å². The highest BCUT2D eigenvalue weighted by molar-refractivity contribution is 5.95.